The van der Waals surface area contributed by atoms with Crippen molar-refractivity contribution in [1.82, 2.24) is 10.6 Å². The first-order valence-corrected chi connectivity index (χ1v) is 7.90. The van der Waals surface area contributed by atoms with Gasteiger partial charge in [0.05, 0.1) is 11.6 Å². The van der Waals surface area contributed by atoms with E-state index in [1.54, 1.807) is 0 Å². The van der Waals surface area contributed by atoms with Crippen LogP contribution in [0.25, 0.3) is 0 Å². The van der Waals surface area contributed by atoms with Crippen LogP contribution in [0.4, 0.5) is 4.79 Å². The van der Waals surface area contributed by atoms with Crippen molar-refractivity contribution in [2.75, 3.05) is 6.54 Å². The maximum Gasteiger partial charge on any atom is 0.315 e. The van der Waals surface area contributed by atoms with Gasteiger partial charge in [0, 0.05) is 6.54 Å². The fourth-order valence-corrected chi connectivity index (χ4v) is 3.01. The molecule has 21 heavy (non-hydrogen) atoms. The van der Waals surface area contributed by atoms with Crippen LogP contribution < -0.4 is 10.6 Å². The van der Waals surface area contributed by atoms with E-state index in [0.717, 1.165) is 19.3 Å². The predicted molar refractivity (Wildman–Crippen MR) is 82.0 cm³/mol. The Balaban J connectivity index is 1.60. The zero-order chi connectivity index (χ0) is 14.9. The highest BCUT2D eigenvalue weighted by molar-refractivity contribution is 5.74. The third kappa shape index (κ3) is 3.38. The smallest absolute Gasteiger partial charge is 0.315 e. The van der Waals surface area contributed by atoms with E-state index in [0.29, 0.717) is 12.5 Å². The molecule has 0 spiro atoms. The van der Waals surface area contributed by atoms with Gasteiger partial charge < -0.3 is 15.7 Å². The van der Waals surface area contributed by atoms with E-state index >= 15 is 0 Å². The minimum atomic E-state index is -0.672. The van der Waals surface area contributed by atoms with Gasteiger partial charge in [-0.3, -0.25) is 0 Å². The van der Waals surface area contributed by atoms with Gasteiger partial charge in [-0.2, -0.15) is 0 Å². The number of aliphatic hydroxyl groups is 1. The molecule has 1 aromatic rings. The number of amides is 2. The second-order valence-electron chi connectivity index (χ2n) is 6.58. The molecule has 0 aromatic heterocycles. The molecule has 3 N–H and O–H groups in total. The van der Waals surface area contributed by atoms with Crippen molar-refractivity contribution in [2.45, 2.75) is 50.7 Å². The summed E-state index contributed by atoms with van der Waals surface area (Å²) in [7, 11) is 0. The van der Waals surface area contributed by atoms with Crippen molar-refractivity contribution in [3.05, 3.63) is 35.4 Å². The van der Waals surface area contributed by atoms with Crippen LogP contribution in [0.2, 0.25) is 0 Å². The van der Waals surface area contributed by atoms with Crippen molar-refractivity contribution in [3.8, 4) is 0 Å². The Morgan fingerprint density at radius 1 is 1.38 bits per heavy atom. The molecular formula is C17H24N2O2. The molecule has 1 aromatic carbocycles. The van der Waals surface area contributed by atoms with E-state index in [1.807, 2.05) is 12.1 Å². The SMILES string of the molecule is Cc1ccccc1[C@@H](NC(=O)NCC1(O)CCC1)C1CC1. The Hall–Kier alpha value is -1.55. The van der Waals surface area contributed by atoms with Crippen LogP contribution in [-0.4, -0.2) is 23.3 Å². The summed E-state index contributed by atoms with van der Waals surface area (Å²) in [6, 6.07) is 8.14. The minimum absolute atomic E-state index is 0.0854. The molecule has 0 saturated heterocycles. The summed E-state index contributed by atoms with van der Waals surface area (Å²) in [5.41, 5.74) is 1.75. The lowest BCUT2D eigenvalue weighted by molar-refractivity contribution is -0.0290. The number of benzene rings is 1. The van der Waals surface area contributed by atoms with Crippen LogP contribution >= 0.6 is 0 Å². The molecule has 0 unspecified atom stereocenters. The molecule has 114 valence electrons. The monoisotopic (exact) mass is 288 g/mol. The lowest BCUT2D eigenvalue weighted by Crippen LogP contribution is -2.50. The van der Waals surface area contributed by atoms with Crippen LogP contribution in [-0.2, 0) is 0 Å². The second kappa shape index (κ2) is 5.68. The number of nitrogens with one attached hydrogen (secondary N) is 2. The predicted octanol–water partition coefficient (Wildman–Crippen LogP) is 2.66. The lowest BCUT2D eigenvalue weighted by atomic mass is 9.80. The summed E-state index contributed by atoms with van der Waals surface area (Å²) in [4.78, 5) is 12.1. The Morgan fingerprint density at radius 3 is 2.67 bits per heavy atom. The molecule has 2 fully saturated rings. The maximum atomic E-state index is 12.1. The second-order valence-corrected chi connectivity index (χ2v) is 6.58. The van der Waals surface area contributed by atoms with Crippen LogP contribution in [0.1, 0.15) is 49.3 Å². The van der Waals surface area contributed by atoms with Gasteiger partial charge >= 0.3 is 6.03 Å². The molecule has 0 aliphatic heterocycles. The van der Waals surface area contributed by atoms with E-state index < -0.39 is 5.60 Å². The fraction of sp³-hybridized carbons (Fsp3) is 0.588. The Kier molecular flexibility index (Phi) is 3.89. The van der Waals surface area contributed by atoms with Gasteiger partial charge in [-0.25, -0.2) is 4.79 Å². The van der Waals surface area contributed by atoms with E-state index in [2.05, 4.69) is 29.7 Å². The first-order chi connectivity index (χ1) is 10.1. The molecule has 4 heteroatoms. The van der Waals surface area contributed by atoms with Crippen molar-refractivity contribution in [3.63, 3.8) is 0 Å². The zero-order valence-corrected chi connectivity index (χ0v) is 12.6. The highest BCUT2D eigenvalue weighted by atomic mass is 16.3. The molecule has 0 radical (unpaired) electrons. The standard InChI is InChI=1S/C17H24N2O2/c1-12-5-2-3-6-14(12)15(13-7-8-13)19-16(20)18-11-17(21)9-4-10-17/h2-3,5-6,13,15,21H,4,7-11H2,1H3,(H2,18,19,20)/t15-/m0/s1. The number of carbonyl (C=O) groups is 1. The lowest BCUT2D eigenvalue weighted by Gasteiger charge is -2.36. The Labute approximate surface area is 125 Å². The molecule has 0 bridgehead atoms. The third-order valence-corrected chi connectivity index (χ3v) is 4.77. The van der Waals surface area contributed by atoms with Gasteiger partial charge in [-0.1, -0.05) is 24.3 Å². The molecule has 2 saturated carbocycles. The normalized spacial score (nSPS) is 21.2. The molecule has 1 atom stereocenters. The summed E-state index contributed by atoms with van der Waals surface area (Å²) in [6.45, 7) is 2.44. The molecule has 0 heterocycles. The number of hydrogen-bond donors (Lipinski definition) is 3. The third-order valence-electron chi connectivity index (χ3n) is 4.77. The molecular weight excluding hydrogens is 264 g/mol. The van der Waals surface area contributed by atoms with Crippen molar-refractivity contribution in [2.24, 2.45) is 5.92 Å². The molecule has 4 nitrogen and oxygen atoms in total. The molecule has 2 amide bonds. The van der Waals surface area contributed by atoms with Crippen molar-refractivity contribution < 1.29 is 9.90 Å². The molecule has 3 rings (SSSR count). The Morgan fingerprint density at radius 2 is 2.10 bits per heavy atom. The number of carbonyl (C=O) groups excluding carboxylic acids is 1. The van der Waals surface area contributed by atoms with Gasteiger partial charge in [0.1, 0.15) is 0 Å². The Bertz CT molecular complexity index is 521. The van der Waals surface area contributed by atoms with E-state index in [1.165, 1.54) is 24.0 Å². The van der Waals surface area contributed by atoms with Gasteiger partial charge in [0.15, 0.2) is 0 Å². The van der Waals surface area contributed by atoms with Crippen molar-refractivity contribution in [1.29, 1.82) is 0 Å². The summed E-state index contributed by atoms with van der Waals surface area (Å²) < 4.78 is 0. The topological polar surface area (TPSA) is 61.4 Å². The van der Waals surface area contributed by atoms with E-state index in [9.17, 15) is 9.90 Å². The summed E-state index contributed by atoms with van der Waals surface area (Å²) >= 11 is 0. The highest BCUT2D eigenvalue weighted by Gasteiger charge is 2.36. The average molecular weight is 288 g/mol. The first kappa shape index (κ1) is 14.4. The number of rotatable bonds is 5. The van der Waals surface area contributed by atoms with Crippen molar-refractivity contribution >= 4 is 6.03 Å². The minimum Gasteiger partial charge on any atom is -0.388 e. The zero-order valence-electron chi connectivity index (χ0n) is 12.6. The fourth-order valence-electron chi connectivity index (χ4n) is 3.01. The van der Waals surface area contributed by atoms with Gasteiger partial charge in [0.25, 0.3) is 0 Å². The quantitative estimate of drug-likeness (QED) is 0.780. The van der Waals surface area contributed by atoms with Crippen LogP contribution in [0.5, 0.6) is 0 Å². The number of urea groups is 1. The molecule has 2 aliphatic carbocycles. The van der Waals surface area contributed by atoms with Gasteiger partial charge in [-0.05, 0) is 56.1 Å². The van der Waals surface area contributed by atoms with Crippen LogP contribution in [0.3, 0.4) is 0 Å². The van der Waals surface area contributed by atoms with Gasteiger partial charge in [-0.15, -0.1) is 0 Å². The van der Waals surface area contributed by atoms with E-state index in [-0.39, 0.29) is 12.1 Å². The first-order valence-electron chi connectivity index (χ1n) is 7.90. The number of hydrogen-bond acceptors (Lipinski definition) is 2. The summed E-state index contributed by atoms with van der Waals surface area (Å²) in [6.07, 6.45) is 4.97. The number of aryl methyl sites for hydroxylation is 1. The van der Waals surface area contributed by atoms with Crippen LogP contribution in [0, 0.1) is 12.8 Å². The van der Waals surface area contributed by atoms with Gasteiger partial charge in [0.2, 0.25) is 0 Å². The summed E-state index contributed by atoms with van der Waals surface area (Å²) in [5, 5.41) is 16.0. The summed E-state index contributed by atoms with van der Waals surface area (Å²) in [5.74, 6) is 0.545. The van der Waals surface area contributed by atoms with Crippen LogP contribution in [0.15, 0.2) is 24.3 Å². The largest absolute Gasteiger partial charge is 0.388 e. The molecule has 2 aliphatic rings. The van der Waals surface area contributed by atoms with E-state index in [4.69, 9.17) is 0 Å². The maximum absolute atomic E-state index is 12.1. The average Bonchev–Trinajstić information content (AvgIpc) is 3.26. The highest BCUT2D eigenvalue weighted by Crippen LogP contribution is 2.41.